The summed E-state index contributed by atoms with van der Waals surface area (Å²) < 4.78 is 10.4. The lowest BCUT2D eigenvalue weighted by Crippen LogP contribution is -2.22. The predicted octanol–water partition coefficient (Wildman–Crippen LogP) is 3.38. The first-order valence-corrected chi connectivity index (χ1v) is 7.91. The highest BCUT2D eigenvalue weighted by Gasteiger charge is 2.04. The molecule has 0 aliphatic rings. The number of nitrogens with one attached hydrogen (secondary N) is 2. The second-order valence-electron chi connectivity index (χ2n) is 5.59. The highest BCUT2D eigenvalue weighted by Crippen LogP contribution is 2.17. The van der Waals surface area contributed by atoms with Gasteiger partial charge in [-0.25, -0.2) is 0 Å². The van der Waals surface area contributed by atoms with E-state index in [1.807, 2.05) is 50.2 Å². The Morgan fingerprint density at radius 2 is 1.79 bits per heavy atom. The summed E-state index contributed by atoms with van der Waals surface area (Å²) >= 11 is 0. The van der Waals surface area contributed by atoms with Crippen molar-refractivity contribution in [1.29, 1.82) is 0 Å². The van der Waals surface area contributed by atoms with E-state index in [2.05, 4.69) is 16.7 Å². The van der Waals surface area contributed by atoms with Gasteiger partial charge >= 0.3 is 0 Å². The minimum Gasteiger partial charge on any atom is -0.491 e. The molecule has 2 N–H and O–H groups in total. The van der Waals surface area contributed by atoms with Gasteiger partial charge in [0.05, 0.1) is 13.2 Å². The topological polar surface area (TPSA) is 59.6 Å². The summed E-state index contributed by atoms with van der Waals surface area (Å²) in [6.45, 7) is 5.31. The van der Waals surface area contributed by atoms with Crippen LogP contribution >= 0.6 is 0 Å². The molecule has 128 valence electrons. The Balaban J connectivity index is 1.82. The maximum absolute atomic E-state index is 12.1. The fraction of sp³-hybridized carbons (Fsp3) is 0.316. The Hall–Kier alpha value is -2.53. The fourth-order valence-corrected chi connectivity index (χ4v) is 2.18. The Morgan fingerprint density at radius 3 is 2.50 bits per heavy atom. The number of anilines is 2. The first-order chi connectivity index (χ1) is 11.6. The zero-order chi connectivity index (χ0) is 17.4. The van der Waals surface area contributed by atoms with Crippen molar-refractivity contribution in [1.82, 2.24) is 0 Å². The molecule has 0 aliphatic carbocycles. The number of carbonyl (C=O) groups is 1. The highest BCUT2D eigenvalue weighted by molar-refractivity contribution is 5.93. The Bertz CT molecular complexity index is 669. The number of hydrogen-bond donors (Lipinski definition) is 2. The van der Waals surface area contributed by atoms with Crippen LogP contribution in [-0.4, -0.2) is 32.8 Å². The van der Waals surface area contributed by atoms with Crippen LogP contribution in [0.15, 0.2) is 42.5 Å². The van der Waals surface area contributed by atoms with E-state index in [1.54, 1.807) is 7.11 Å². The molecule has 0 heterocycles. The molecule has 5 heteroatoms. The van der Waals surface area contributed by atoms with Crippen molar-refractivity contribution in [3.8, 4) is 5.75 Å². The average molecular weight is 328 g/mol. The lowest BCUT2D eigenvalue weighted by molar-refractivity contribution is -0.114. The van der Waals surface area contributed by atoms with Crippen molar-refractivity contribution in [3.63, 3.8) is 0 Å². The van der Waals surface area contributed by atoms with Gasteiger partial charge in [0.2, 0.25) is 5.91 Å². The van der Waals surface area contributed by atoms with Gasteiger partial charge in [-0.1, -0.05) is 12.1 Å². The summed E-state index contributed by atoms with van der Waals surface area (Å²) in [4.78, 5) is 12.1. The normalized spacial score (nSPS) is 10.3. The van der Waals surface area contributed by atoms with Crippen molar-refractivity contribution in [2.45, 2.75) is 13.8 Å². The Morgan fingerprint density at radius 1 is 1.04 bits per heavy atom. The minimum absolute atomic E-state index is 0.0936. The van der Waals surface area contributed by atoms with E-state index in [9.17, 15) is 4.79 Å². The molecule has 0 fully saturated rings. The molecule has 0 aliphatic heterocycles. The van der Waals surface area contributed by atoms with Crippen LogP contribution in [-0.2, 0) is 9.53 Å². The van der Waals surface area contributed by atoms with Gasteiger partial charge in [0.25, 0.3) is 0 Å². The van der Waals surface area contributed by atoms with Gasteiger partial charge in [-0.2, -0.15) is 0 Å². The van der Waals surface area contributed by atoms with Crippen LogP contribution in [0.25, 0.3) is 0 Å². The minimum atomic E-state index is -0.0936. The van der Waals surface area contributed by atoms with Gasteiger partial charge in [-0.05, 0) is 55.3 Å². The smallest absolute Gasteiger partial charge is 0.243 e. The number of carbonyl (C=O) groups excluding carboxylic acids is 1. The van der Waals surface area contributed by atoms with Crippen LogP contribution < -0.4 is 15.4 Å². The largest absolute Gasteiger partial charge is 0.491 e. The molecule has 2 aromatic rings. The molecule has 2 rings (SSSR count). The zero-order valence-corrected chi connectivity index (χ0v) is 14.4. The number of ether oxygens (including phenoxy) is 2. The molecular formula is C19H24N2O3. The van der Waals surface area contributed by atoms with Crippen molar-refractivity contribution in [2.75, 3.05) is 37.5 Å². The number of methoxy groups -OCH3 is 1. The van der Waals surface area contributed by atoms with E-state index in [0.29, 0.717) is 13.2 Å². The molecule has 0 bridgehead atoms. The molecule has 0 spiro atoms. The summed E-state index contributed by atoms with van der Waals surface area (Å²) in [5.74, 6) is 0.655. The summed E-state index contributed by atoms with van der Waals surface area (Å²) in [6, 6.07) is 13.4. The monoisotopic (exact) mass is 328 g/mol. The zero-order valence-electron chi connectivity index (χ0n) is 14.4. The number of hydrogen-bond acceptors (Lipinski definition) is 4. The molecule has 0 unspecified atom stereocenters. The average Bonchev–Trinajstić information content (AvgIpc) is 2.57. The molecule has 1 amide bonds. The van der Waals surface area contributed by atoms with E-state index < -0.39 is 0 Å². The molecular weight excluding hydrogens is 304 g/mol. The first kappa shape index (κ1) is 17.8. The van der Waals surface area contributed by atoms with Crippen molar-refractivity contribution < 1.29 is 14.3 Å². The maximum Gasteiger partial charge on any atom is 0.243 e. The van der Waals surface area contributed by atoms with Crippen LogP contribution in [0.4, 0.5) is 11.4 Å². The van der Waals surface area contributed by atoms with Gasteiger partial charge in [0.1, 0.15) is 12.4 Å². The van der Waals surface area contributed by atoms with Crippen molar-refractivity contribution in [3.05, 3.63) is 53.6 Å². The highest BCUT2D eigenvalue weighted by atomic mass is 16.5. The Kier molecular flexibility index (Phi) is 6.63. The molecule has 0 saturated heterocycles. The maximum atomic E-state index is 12.1. The van der Waals surface area contributed by atoms with E-state index in [4.69, 9.17) is 9.47 Å². The molecule has 0 aromatic heterocycles. The summed E-state index contributed by atoms with van der Waals surface area (Å²) in [7, 11) is 1.63. The molecule has 24 heavy (non-hydrogen) atoms. The van der Waals surface area contributed by atoms with Crippen LogP contribution in [0, 0.1) is 13.8 Å². The molecule has 0 radical (unpaired) electrons. The summed E-state index contributed by atoms with van der Waals surface area (Å²) in [5, 5.41) is 6.03. The van der Waals surface area contributed by atoms with E-state index in [1.165, 1.54) is 0 Å². The SMILES string of the molecule is COCCOc1ccc(NC(=O)CNc2cc(C)ccc2C)cc1. The molecule has 2 aromatic carbocycles. The van der Waals surface area contributed by atoms with Gasteiger partial charge in [-0.3, -0.25) is 4.79 Å². The fourth-order valence-electron chi connectivity index (χ4n) is 2.18. The van der Waals surface area contributed by atoms with Gasteiger partial charge in [-0.15, -0.1) is 0 Å². The molecule has 5 nitrogen and oxygen atoms in total. The van der Waals surface area contributed by atoms with Gasteiger partial charge in [0, 0.05) is 18.5 Å². The standard InChI is InChI=1S/C19H24N2O3/c1-14-4-5-15(2)18(12-14)20-13-19(22)21-16-6-8-17(9-7-16)24-11-10-23-3/h4-9,12,20H,10-11,13H2,1-3H3,(H,21,22). The lowest BCUT2D eigenvalue weighted by atomic mass is 10.1. The van der Waals surface area contributed by atoms with Crippen LogP contribution in [0.5, 0.6) is 5.75 Å². The number of rotatable bonds is 8. The summed E-state index contributed by atoms with van der Waals surface area (Å²) in [5.41, 5.74) is 3.99. The van der Waals surface area contributed by atoms with Crippen LogP contribution in [0.3, 0.4) is 0 Å². The number of benzene rings is 2. The second-order valence-corrected chi connectivity index (χ2v) is 5.59. The molecule has 0 saturated carbocycles. The first-order valence-electron chi connectivity index (χ1n) is 7.91. The predicted molar refractivity (Wildman–Crippen MR) is 96.8 cm³/mol. The lowest BCUT2D eigenvalue weighted by Gasteiger charge is -2.11. The Labute approximate surface area is 143 Å². The number of aryl methyl sites for hydroxylation is 2. The van der Waals surface area contributed by atoms with Gasteiger partial charge in [0.15, 0.2) is 0 Å². The third-order valence-electron chi connectivity index (χ3n) is 3.53. The van der Waals surface area contributed by atoms with Crippen LogP contribution in [0.2, 0.25) is 0 Å². The third kappa shape index (κ3) is 5.59. The van der Waals surface area contributed by atoms with E-state index in [0.717, 1.165) is 28.3 Å². The quantitative estimate of drug-likeness (QED) is 0.729. The third-order valence-corrected chi connectivity index (χ3v) is 3.53. The summed E-state index contributed by atoms with van der Waals surface area (Å²) in [6.07, 6.45) is 0. The van der Waals surface area contributed by atoms with Crippen molar-refractivity contribution >= 4 is 17.3 Å². The van der Waals surface area contributed by atoms with Crippen LogP contribution in [0.1, 0.15) is 11.1 Å². The van der Waals surface area contributed by atoms with Crippen molar-refractivity contribution in [2.24, 2.45) is 0 Å². The van der Waals surface area contributed by atoms with E-state index >= 15 is 0 Å². The second kappa shape index (κ2) is 8.93. The van der Waals surface area contributed by atoms with E-state index in [-0.39, 0.29) is 12.5 Å². The molecule has 0 atom stereocenters. The van der Waals surface area contributed by atoms with Gasteiger partial charge < -0.3 is 20.1 Å². The number of amides is 1.